The van der Waals surface area contributed by atoms with Crippen LogP contribution in [0.5, 0.6) is 0 Å². The Morgan fingerprint density at radius 3 is 3.08 bits per heavy atom. The number of fused-ring (bicyclic) bond motifs is 2. The molecule has 26 heavy (non-hydrogen) atoms. The summed E-state index contributed by atoms with van der Waals surface area (Å²) in [5, 5.41) is 16.1. The van der Waals surface area contributed by atoms with Crippen molar-refractivity contribution < 1.29 is 4.79 Å². The third-order valence-corrected chi connectivity index (χ3v) is 4.86. The Balaban J connectivity index is 1.55. The molecule has 1 N–H and O–H groups in total. The van der Waals surface area contributed by atoms with Crippen LogP contribution < -0.4 is 5.32 Å². The molecule has 0 aliphatic carbocycles. The Labute approximate surface area is 151 Å². The number of aromatic nitrogens is 4. The number of nitrogens with one attached hydrogen (secondary N) is 1. The molecule has 4 heterocycles. The summed E-state index contributed by atoms with van der Waals surface area (Å²) < 4.78 is 1.71. The molecular weight excluding hydrogens is 330 g/mol. The second-order valence-corrected chi connectivity index (χ2v) is 6.62. The van der Waals surface area contributed by atoms with Crippen LogP contribution in [0, 0.1) is 11.3 Å². The molecule has 0 spiro atoms. The average Bonchev–Trinajstić information content (AvgIpc) is 3.15. The third-order valence-electron chi connectivity index (χ3n) is 4.86. The van der Waals surface area contributed by atoms with Gasteiger partial charge in [-0.15, -0.1) is 0 Å². The zero-order valence-corrected chi connectivity index (χ0v) is 14.5. The van der Waals surface area contributed by atoms with Crippen molar-refractivity contribution >= 4 is 23.1 Å². The largest absolute Gasteiger partial charge is 0.332 e. The molecule has 0 saturated carbocycles. The summed E-state index contributed by atoms with van der Waals surface area (Å²) in [7, 11) is 1.85. The molecule has 1 saturated heterocycles. The van der Waals surface area contributed by atoms with E-state index >= 15 is 0 Å². The summed E-state index contributed by atoms with van der Waals surface area (Å²) in [4.78, 5) is 23.0. The van der Waals surface area contributed by atoms with Crippen molar-refractivity contribution in [3.8, 4) is 6.07 Å². The fourth-order valence-electron chi connectivity index (χ4n) is 3.78. The van der Waals surface area contributed by atoms with Crippen LogP contribution in [0.2, 0.25) is 0 Å². The van der Waals surface area contributed by atoms with Gasteiger partial charge >= 0.3 is 0 Å². The third kappa shape index (κ3) is 3.04. The molecule has 2 aromatic heterocycles. The van der Waals surface area contributed by atoms with Gasteiger partial charge in [0.15, 0.2) is 0 Å². The van der Waals surface area contributed by atoms with Gasteiger partial charge in [-0.2, -0.15) is 10.4 Å². The highest BCUT2D eigenvalue weighted by atomic mass is 16.2. The van der Waals surface area contributed by atoms with Crippen molar-refractivity contribution in [3.63, 3.8) is 0 Å². The number of nitriles is 1. The molecule has 2 aliphatic heterocycles. The van der Waals surface area contributed by atoms with Crippen LogP contribution in [0.4, 0.5) is 11.6 Å². The standard InChI is InChI=1S/C18H19N7O/c1-24-11-13(10-21-24)22-18-20-7-5-16(23-18)12-8-14-2-3-15(9-12)25(14)17(26)4-6-19/h5,7-8,10-11,14-15H,2-4,9H2,1H3,(H,20,22,23). The molecule has 8 nitrogen and oxygen atoms in total. The second-order valence-electron chi connectivity index (χ2n) is 6.62. The van der Waals surface area contributed by atoms with E-state index in [1.165, 1.54) is 0 Å². The van der Waals surface area contributed by atoms with Gasteiger partial charge < -0.3 is 10.2 Å². The Morgan fingerprint density at radius 1 is 1.46 bits per heavy atom. The molecule has 2 unspecified atom stereocenters. The number of carbonyl (C=O) groups is 1. The van der Waals surface area contributed by atoms with E-state index in [4.69, 9.17) is 5.26 Å². The van der Waals surface area contributed by atoms with E-state index in [-0.39, 0.29) is 24.4 Å². The van der Waals surface area contributed by atoms with Crippen molar-refractivity contribution in [3.05, 3.63) is 36.4 Å². The van der Waals surface area contributed by atoms with Gasteiger partial charge in [0.2, 0.25) is 11.9 Å². The maximum atomic E-state index is 12.2. The van der Waals surface area contributed by atoms with Crippen LogP contribution in [0.3, 0.4) is 0 Å². The fraction of sp³-hybridized carbons (Fsp3) is 0.389. The monoisotopic (exact) mass is 349 g/mol. The lowest BCUT2D eigenvalue weighted by Gasteiger charge is -2.33. The van der Waals surface area contributed by atoms with Gasteiger partial charge in [-0.05, 0) is 30.9 Å². The molecule has 2 aromatic rings. The first-order valence-corrected chi connectivity index (χ1v) is 8.62. The first kappa shape index (κ1) is 16.3. The highest BCUT2D eigenvalue weighted by Crippen LogP contribution is 2.38. The zero-order chi connectivity index (χ0) is 18.1. The minimum absolute atomic E-state index is 0.0527. The summed E-state index contributed by atoms with van der Waals surface area (Å²) in [5.74, 6) is 0.448. The minimum atomic E-state index is -0.0723. The molecule has 132 valence electrons. The number of nitrogens with zero attached hydrogens (tertiary/aromatic N) is 6. The quantitative estimate of drug-likeness (QED) is 0.906. The number of hydrogen-bond donors (Lipinski definition) is 1. The van der Waals surface area contributed by atoms with Gasteiger partial charge in [0.25, 0.3) is 0 Å². The summed E-state index contributed by atoms with van der Waals surface area (Å²) in [6.07, 6.45) is 10.0. The molecule has 1 amide bonds. The van der Waals surface area contributed by atoms with Crippen LogP contribution in [-0.2, 0) is 11.8 Å². The normalized spacial score (nSPS) is 21.2. The Morgan fingerprint density at radius 2 is 2.35 bits per heavy atom. The molecule has 8 heteroatoms. The van der Waals surface area contributed by atoms with Crippen LogP contribution in [0.1, 0.15) is 31.4 Å². The van der Waals surface area contributed by atoms with Crippen molar-refractivity contribution in [2.24, 2.45) is 7.05 Å². The summed E-state index contributed by atoms with van der Waals surface area (Å²) in [6.45, 7) is 0. The lowest BCUT2D eigenvalue weighted by molar-refractivity contribution is -0.132. The van der Waals surface area contributed by atoms with Crippen molar-refractivity contribution in [1.82, 2.24) is 24.6 Å². The van der Waals surface area contributed by atoms with Gasteiger partial charge in [0.05, 0.1) is 29.7 Å². The van der Waals surface area contributed by atoms with Gasteiger partial charge in [-0.25, -0.2) is 9.97 Å². The van der Waals surface area contributed by atoms with Crippen LogP contribution in [-0.4, -0.2) is 42.6 Å². The summed E-state index contributed by atoms with van der Waals surface area (Å²) in [5.41, 5.74) is 2.83. The van der Waals surface area contributed by atoms with Gasteiger partial charge in [0, 0.05) is 25.5 Å². The first-order valence-electron chi connectivity index (χ1n) is 8.62. The van der Waals surface area contributed by atoms with E-state index < -0.39 is 0 Å². The minimum Gasteiger partial charge on any atom is -0.332 e. The summed E-state index contributed by atoms with van der Waals surface area (Å²) in [6, 6.07) is 4.08. The van der Waals surface area contributed by atoms with E-state index in [2.05, 4.69) is 26.5 Å². The topological polar surface area (TPSA) is 99.7 Å². The Kier molecular flexibility index (Phi) is 4.13. The predicted octanol–water partition coefficient (Wildman–Crippen LogP) is 2.01. The average molecular weight is 349 g/mol. The van der Waals surface area contributed by atoms with E-state index in [0.29, 0.717) is 5.95 Å². The Hall–Kier alpha value is -3.21. The van der Waals surface area contributed by atoms with Crippen molar-refractivity contribution in [1.29, 1.82) is 5.26 Å². The van der Waals surface area contributed by atoms with E-state index in [0.717, 1.165) is 36.2 Å². The zero-order valence-electron chi connectivity index (χ0n) is 14.5. The molecule has 1 fully saturated rings. The lowest BCUT2D eigenvalue weighted by atomic mass is 9.98. The molecule has 4 rings (SSSR count). The molecule has 0 radical (unpaired) electrons. The highest BCUT2D eigenvalue weighted by molar-refractivity contribution is 5.81. The van der Waals surface area contributed by atoms with E-state index in [1.54, 1.807) is 17.1 Å². The van der Waals surface area contributed by atoms with Gasteiger partial charge in [-0.1, -0.05) is 6.08 Å². The number of rotatable bonds is 4. The predicted molar refractivity (Wildman–Crippen MR) is 95.0 cm³/mol. The van der Waals surface area contributed by atoms with Crippen LogP contribution in [0.15, 0.2) is 30.7 Å². The molecule has 2 aliphatic rings. The molecule has 0 aromatic carbocycles. The highest BCUT2D eigenvalue weighted by Gasteiger charge is 2.39. The van der Waals surface area contributed by atoms with Gasteiger partial charge in [0.1, 0.15) is 6.42 Å². The van der Waals surface area contributed by atoms with Crippen molar-refractivity contribution in [2.75, 3.05) is 5.32 Å². The van der Waals surface area contributed by atoms with Crippen LogP contribution >= 0.6 is 0 Å². The van der Waals surface area contributed by atoms with Crippen LogP contribution in [0.25, 0.3) is 5.57 Å². The van der Waals surface area contributed by atoms with Gasteiger partial charge in [-0.3, -0.25) is 9.48 Å². The molecule has 2 atom stereocenters. The molecule has 2 bridgehead atoms. The Bertz CT molecular complexity index is 910. The fourth-order valence-corrected chi connectivity index (χ4v) is 3.78. The number of amides is 1. The number of carbonyl (C=O) groups excluding carboxylic acids is 1. The van der Waals surface area contributed by atoms with E-state index in [1.807, 2.05) is 30.3 Å². The number of hydrogen-bond acceptors (Lipinski definition) is 6. The number of aryl methyl sites for hydroxylation is 1. The SMILES string of the molecule is Cn1cc(Nc2nccc(C3=CC4CCC(C3)N4C(=O)CC#N)n2)cn1. The van der Waals surface area contributed by atoms with E-state index in [9.17, 15) is 4.79 Å². The number of anilines is 2. The maximum absolute atomic E-state index is 12.2. The lowest BCUT2D eigenvalue weighted by Crippen LogP contribution is -2.42. The molecular formula is C18H19N7O. The summed E-state index contributed by atoms with van der Waals surface area (Å²) >= 11 is 0. The second kappa shape index (κ2) is 6.59. The smallest absolute Gasteiger partial charge is 0.237 e. The maximum Gasteiger partial charge on any atom is 0.237 e. The first-order chi connectivity index (χ1) is 12.6. The van der Waals surface area contributed by atoms with Crippen molar-refractivity contribution in [2.45, 2.75) is 37.8 Å².